The highest BCUT2D eigenvalue weighted by atomic mass is 16.5. The number of carboxylic acid groups (broad SMARTS) is 1. The SMILES string of the molecule is CCCC(CC(=O)N1CCC(C)(C(=O)O)C1)NC(=O)OCC1c2ccccc2-c2ccccc21. The molecule has 2 N–H and O–H groups in total. The van der Waals surface area contributed by atoms with Crippen LogP contribution in [-0.4, -0.2) is 53.7 Å². The van der Waals surface area contributed by atoms with Gasteiger partial charge in [0, 0.05) is 31.5 Å². The standard InChI is InChI=1S/C27H32N2O5/c1-3-8-18(15-24(30)29-14-13-27(2,17-29)25(31)32)28-26(33)34-16-23-21-11-6-4-9-19(21)20-10-5-7-12-22(20)23/h4-7,9-12,18,23H,3,8,13-17H2,1-2H3,(H,28,33)(H,31,32). The Bertz CT molecular complexity index is 1040. The molecule has 2 aromatic rings. The number of carboxylic acids is 1. The number of hydrogen-bond donors (Lipinski definition) is 2. The van der Waals surface area contributed by atoms with E-state index in [0.717, 1.165) is 17.5 Å². The normalized spacial score (nSPS) is 19.9. The number of amides is 2. The Hall–Kier alpha value is -3.35. The van der Waals surface area contributed by atoms with Crippen LogP contribution in [-0.2, 0) is 14.3 Å². The number of benzene rings is 2. The van der Waals surface area contributed by atoms with Gasteiger partial charge in [-0.25, -0.2) is 4.79 Å². The summed E-state index contributed by atoms with van der Waals surface area (Å²) >= 11 is 0. The number of alkyl carbamates (subject to hydrolysis) is 1. The Morgan fingerprint density at radius 1 is 1.12 bits per heavy atom. The van der Waals surface area contributed by atoms with Gasteiger partial charge in [-0.15, -0.1) is 0 Å². The van der Waals surface area contributed by atoms with E-state index in [4.69, 9.17) is 4.74 Å². The van der Waals surface area contributed by atoms with E-state index < -0.39 is 17.5 Å². The number of likely N-dealkylation sites (tertiary alicyclic amines) is 1. The smallest absolute Gasteiger partial charge is 0.407 e. The lowest BCUT2D eigenvalue weighted by Gasteiger charge is -2.23. The first-order valence-electron chi connectivity index (χ1n) is 11.9. The molecule has 1 saturated heterocycles. The van der Waals surface area contributed by atoms with Crippen molar-refractivity contribution in [1.29, 1.82) is 0 Å². The van der Waals surface area contributed by atoms with Gasteiger partial charge in [-0.2, -0.15) is 0 Å². The van der Waals surface area contributed by atoms with E-state index in [2.05, 4.69) is 29.6 Å². The van der Waals surface area contributed by atoms with Crippen LogP contribution in [0.25, 0.3) is 11.1 Å². The van der Waals surface area contributed by atoms with Crippen LogP contribution in [0.5, 0.6) is 0 Å². The van der Waals surface area contributed by atoms with Crippen LogP contribution in [0, 0.1) is 5.41 Å². The molecule has 2 unspecified atom stereocenters. The molecule has 1 aliphatic carbocycles. The van der Waals surface area contributed by atoms with Crippen molar-refractivity contribution in [3.63, 3.8) is 0 Å². The molecule has 2 amide bonds. The summed E-state index contributed by atoms with van der Waals surface area (Å²) in [5.41, 5.74) is 3.72. The third kappa shape index (κ3) is 4.79. The molecule has 34 heavy (non-hydrogen) atoms. The van der Waals surface area contributed by atoms with Crippen molar-refractivity contribution in [2.45, 2.75) is 51.5 Å². The van der Waals surface area contributed by atoms with E-state index in [1.54, 1.807) is 11.8 Å². The quantitative estimate of drug-likeness (QED) is 0.603. The highest BCUT2D eigenvalue weighted by Crippen LogP contribution is 2.44. The third-order valence-electron chi connectivity index (χ3n) is 7.07. The molecule has 0 bridgehead atoms. The topological polar surface area (TPSA) is 95.9 Å². The van der Waals surface area contributed by atoms with Gasteiger partial charge in [0.15, 0.2) is 0 Å². The maximum Gasteiger partial charge on any atom is 0.407 e. The number of nitrogens with zero attached hydrogens (tertiary/aromatic N) is 1. The van der Waals surface area contributed by atoms with Crippen LogP contribution >= 0.6 is 0 Å². The van der Waals surface area contributed by atoms with Crippen LogP contribution in [0.4, 0.5) is 4.79 Å². The number of hydrogen-bond acceptors (Lipinski definition) is 4. The van der Waals surface area contributed by atoms with Gasteiger partial charge >= 0.3 is 12.1 Å². The zero-order valence-electron chi connectivity index (χ0n) is 19.8. The summed E-state index contributed by atoms with van der Waals surface area (Å²) in [6.07, 6.45) is 1.47. The predicted molar refractivity (Wildman–Crippen MR) is 128 cm³/mol. The summed E-state index contributed by atoms with van der Waals surface area (Å²) in [5, 5.41) is 12.3. The molecule has 1 heterocycles. The molecule has 1 aliphatic heterocycles. The number of nitrogens with one attached hydrogen (secondary N) is 1. The largest absolute Gasteiger partial charge is 0.481 e. The number of rotatable bonds is 8. The Kier molecular flexibility index (Phi) is 6.91. The lowest BCUT2D eigenvalue weighted by Crippen LogP contribution is -2.41. The van der Waals surface area contributed by atoms with Crippen molar-refractivity contribution in [2.24, 2.45) is 5.41 Å². The number of aliphatic carboxylic acids is 1. The fourth-order valence-electron chi connectivity index (χ4n) is 5.07. The summed E-state index contributed by atoms with van der Waals surface area (Å²) in [4.78, 5) is 38.6. The van der Waals surface area contributed by atoms with Gasteiger partial charge in [-0.3, -0.25) is 9.59 Å². The Balaban J connectivity index is 1.35. The van der Waals surface area contributed by atoms with Gasteiger partial charge in [0.1, 0.15) is 6.61 Å². The van der Waals surface area contributed by atoms with Crippen LogP contribution in [0.2, 0.25) is 0 Å². The molecular weight excluding hydrogens is 432 g/mol. The van der Waals surface area contributed by atoms with Crippen LogP contribution < -0.4 is 5.32 Å². The monoisotopic (exact) mass is 464 g/mol. The Labute approximate surface area is 200 Å². The van der Waals surface area contributed by atoms with E-state index in [0.29, 0.717) is 19.4 Å². The molecular formula is C27H32N2O5. The first kappa shape index (κ1) is 23.8. The van der Waals surface area contributed by atoms with Crippen molar-refractivity contribution >= 4 is 18.0 Å². The first-order valence-corrected chi connectivity index (χ1v) is 11.9. The number of carbonyl (C=O) groups excluding carboxylic acids is 2. The highest BCUT2D eigenvalue weighted by molar-refractivity contribution is 5.81. The molecule has 7 nitrogen and oxygen atoms in total. The van der Waals surface area contributed by atoms with Gasteiger partial charge < -0.3 is 20.1 Å². The average Bonchev–Trinajstić information content (AvgIpc) is 3.37. The number of carbonyl (C=O) groups is 3. The molecule has 4 rings (SSSR count). The zero-order chi connectivity index (χ0) is 24.3. The molecule has 0 spiro atoms. The van der Waals surface area contributed by atoms with E-state index >= 15 is 0 Å². The fourth-order valence-corrected chi connectivity index (χ4v) is 5.07. The molecule has 0 aromatic heterocycles. The molecule has 2 atom stereocenters. The number of fused-ring (bicyclic) bond motifs is 3. The second-order valence-corrected chi connectivity index (χ2v) is 9.59. The maximum atomic E-state index is 12.8. The molecule has 0 saturated carbocycles. The lowest BCUT2D eigenvalue weighted by atomic mass is 9.90. The zero-order valence-corrected chi connectivity index (χ0v) is 19.8. The number of ether oxygens (including phenoxy) is 1. The summed E-state index contributed by atoms with van der Waals surface area (Å²) in [6, 6.07) is 16.0. The molecule has 2 aliphatic rings. The van der Waals surface area contributed by atoms with Crippen LogP contribution in [0.1, 0.15) is 56.6 Å². The summed E-state index contributed by atoms with van der Waals surface area (Å²) in [7, 11) is 0. The van der Waals surface area contributed by atoms with E-state index in [1.165, 1.54) is 11.1 Å². The maximum absolute atomic E-state index is 12.8. The average molecular weight is 465 g/mol. The van der Waals surface area contributed by atoms with Crippen molar-refractivity contribution in [2.75, 3.05) is 19.7 Å². The predicted octanol–water partition coefficient (Wildman–Crippen LogP) is 4.41. The lowest BCUT2D eigenvalue weighted by molar-refractivity contribution is -0.147. The first-order chi connectivity index (χ1) is 16.3. The Morgan fingerprint density at radius 3 is 2.29 bits per heavy atom. The molecule has 7 heteroatoms. The van der Waals surface area contributed by atoms with Gasteiger partial charge in [-0.05, 0) is 42.0 Å². The van der Waals surface area contributed by atoms with Gasteiger partial charge in [0.2, 0.25) is 5.91 Å². The van der Waals surface area contributed by atoms with Crippen molar-refractivity contribution < 1.29 is 24.2 Å². The van der Waals surface area contributed by atoms with E-state index in [1.807, 2.05) is 31.2 Å². The summed E-state index contributed by atoms with van der Waals surface area (Å²) in [6.45, 7) is 4.50. The molecule has 2 aromatic carbocycles. The van der Waals surface area contributed by atoms with Crippen molar-refractivity contribution in [3.8, 4) is 11.1 Å². The second-order valence-electron chi connectivity index (χ2n) is 9.59. The van der Waals surface area contributed by atoms with E-state index in [9.17, 15) is 19.5 Å². The van der Waals surface area contributed by atoms with Crippen molar-refractivity contribution in [1.82, 2.24) is 10.2 Å². The third-order valence-corrected chi connectivity index (χ3v) is 7.07. The molecule has 1 fully saturated rings. The summed E-state index contributed by atoms with van der Waals surface area (Å²) in [5.74, 6) is -1.05. The van der Waals surface area contributed by atoms with Crippen molar-refractivity contribution in [3.05, 3.63) is 59.7 Å². The van der Waals surface area contributed by atoms with E-state index in [-0.39, 0.29) is 37.4 Å². The highest BCUT2D eigenvalue weighted by Gasteiger charge is 2.42. The van der Waals surface area contributed by atoms with Gasteiger partial charge in [0.25, 0.3) is 0 Å². The van der Waals surface area contributed by atoms with Crippen LogP contribution in [0.15, 0.2) is 48.5 Å². The van der Waals surface area contributed by atoms with Gasteiger partial charge in [-0.1, -0.05) is 61.9 Å². The van der Waals surface area contributed by atoms with Gasteiger partial charge in [0.05, 0.1) is 5.41 Å². The minimum absolute atomic E-state index is 0.0253. The van der Waals surface area contributed by atoms with Crippen LogP contribution in [0.3, 0.4) is 0 Å². The second kappa shape index (κ2) is 9.87. The minimum atomic E-state index is -0.907. The fraction of sp³-hybridized carbons (Fsp3) is 0.444. The Morgan fingerprint density at radius 2 is 1.74 bits per heavy atom. The minimum Gasteiger partial charge on any atom is -0.481 e. The molecule has 180 valence electrons. The summed E-state index contributed by atoms with van der Waals surface area (Å²) < 4.78 is 5.64. The molecule has 0 radical (unpaired) electrons.